The molecule has 112 valence electrons. The Labute approximate surface area is 121 Å². The molecule has 1 aromatic carbocycles. The summed E-state index contributed by atoms with van der Waals surface area (Å²) in [5.74, 6) is 0.267. The Morgan fingerprint density at radius 1 is 1.33 bits per heavy atom. The lowest BCUT2D eigenvalue weighted by Crippen LogP contribution is -2.43. The summed E-state index contributed by atoms with van der Waals surface area (Å²) in [6.07, 6.45) is 1.82. The van der Waals surface area contributed by atoms with Crippen molar-refractivity contribution in [2.45, 2.75) is 18.9 Å². The zero-order valence-electron chi connectivity index (χ0n) is 11.6. The van der Waals surface area contributed by atoms with E-state index in [0.717, 1.165) is 0 Å². The van der Waals surface area contributed by atoms with E-state index in [4.69, 9.17) is 4.42 Å². The Bertz CT molecular complexity index is 579. The lowest BCUT2D eigenvalue weighted by Gasteiger charge is -2.22. The van der Waals surface area contributed by atoms with Gasteiger partial charge < -0.3 is 20.2 Å². The van der Waals surface area contributed by atoms with Crippen LogP contribution in [0.4, 0.5) is 14.9 Å². The standard InChI is InChI=1S/C15H17FN2O3/c1-15(20,9-13-3-2-8-21-13)10-17-14(19)18-12-6-4-11(16)5-7-12/h2-8,20H,9-10H2,1H3,(H2,17,18,19). The van der Waals surface area contributed by atoms with Gasteiger partial charge in [0.2, 0.25) is 0 Å². The molecule has 2 aromatic rings. The van der Waals surface area contributed by atoms with Crippen LogP contribution in [0.2, 0.25) is 0 Å². The number of benzene rings is 1. The summed E-state index contributed by atoms with van der Waals surface area (Å²) in [4.78, 5) is 11.7. The van der Waals surface area contributed by atoms with E-state index in [9.17, 15) is 14.3 Å². The predicted molar refractivity (Wildman–Crippen MR) is 76.5 cm³/mol. The first-order valence-corrected chi connectivity index (χ1v) is 6.50. The van der Waals surface area contributed by atoms with Crippen molar-refractivity contribution in [3.63, 3.8) is 0 Å². The van der Waals surface area contributed by atoms with Crippen molar-refractivity contribution in [2.24, 2.45) is 0 Å². The van der Waals surface area contributed by atoms with E-state index in [-0.39, 0.29) is 18.8 Å². The van der Waals surface area contributed by atoms with Crippen LogP contribution in [0, 0.1) is 5.82 Å². The normalized spacial score (nSPS) is 13.5. The summed E-state index contributed by atoms with van der Waals surface area (Å²) in [6.45, 7) is 1.66. The van der Waals surface area contributed by atoms with Crippen LogP contribution in [0.1, 0.15) is 12.7 Å². The minimum absolute atomic E-state index is 0.0563. The molecule has 0 spiro atoms. The molecule has 3 N–H and O–H groups in total. The van der Waals surface area contributed by atoms with Crippen molar-refractivity contribution in [1.29, 1.82) is 0 Å². The molecule has 0 saturated carbocycles. The number of halogens is 1. The van der Waals surface area contributed by atoms with Gasteiger partial charge in [0, 0.05) is 18.7 Å². The smallest absolute Gasteiger partial charge is 0.319 e. The lowest BCUT2D eigenvalue weighted by molar-refractivity contribution is 0.0577. The molecule has 1 atom stereocenters. The molecule has 21 heavy (non-hydrogen) atoms. The fraction of sp³-hybridized carbons (Fsp3) is 0.267. The molecule has 0 aliphatic heterocycles. The number of carbonyl (C=O) groups excluding carboxylic acids is 1. The van der Waals surface area contributed by atoms with Crippen LogP contribution in [0.25, 0.3) is 0 Å². The number of rotatable bonds is 5. The molecule has 0 aliphatic carbocycles. The number of furan rings is 1. The average molecular weight is 292 g/mol. The maximum Gasteiger partial charge on any atom is 0.319 e. The number of urea groups is 1. The Morgan fingerprint density at radius 2 is 2.05 bits per heavy atom. The largest absolute Gasteiger partial charge is 0.469 e. The van der Waals surface area contributed by atoms with Crippen LogP contribution in [-0.4, -0.2) is 23.3 Å². The van der Waals surface area contributed by atoms with Gasteiger partial charge >= 0.3 is 6.03 Å². The highest BCUT2D eigenvalue weighted by atomic mass is 19.1. The van der Waals surface area contributed by atoms with Crippen molar-refractivity contribution in [3.05, 3.63) is 54.2 Å². The zero-order chi connectivity index (χ0) is 15.3. The molecule has 2 amide bonds. The van der Waals surface area contributed by atoms with Gasteiger partial charge in [-0.3, -0.25) is 0 Å². The number of amides is 2. The zero-order valence-corrected chi connectivity index (χ0v) is 11.6. The van der Waals surface area contributed by atoms with Gasteiger partial charge in [0.05, 0.1) is 11.9 Å². The van der Waals surface area contributed by atoms with Crippen LogP contribution in [0.15, 0.2) is 47.1 Å². The van der Waals surface area contributed by atoms with E-state index in [1.807, 2.05) is 0 Å². The summed E-state index contributed by atoms with van der Waals surface area (Å²) in [5.41, 5.74) is -0.655. The van der Waals surface area contributed by atoms with Crippen molar-refractivity contribution >= 4 is 11.7 Å². The van der Waals surface area contributed by atoms with Gasteiger partial charge in [-0.15, -0.1) is 0 Å². The summed E-state index contributed by atoms with van der Waals surface area (Å²) in [6, 6.07) is 8.44. The van der Waals surface area contributed by atoms with Crippen LogP contribution in [-0.2, 0) is 6.42 Å². The maximum atomic E-state index is 12.7. The molecule has 0 bridgehead atoms. The maximum absolute atomic E-state index is 12.7. The van der Waals surface area contributed by atoms with Crippen LogP contribution >= 0.6 is 0 Å². The molecule has 5 nitrogen and oxygen atoms in total. The lowest BCUT2D eigenvalue weighted by atomic mass is 10.0. The average Bonchev–Trinajstić information content (AvgIpc) is 2.91. The Hall–Kier alpha value is -2.34. The minimum atomic E-state index is -1.13. The quantitative estimate of drug-likeness (QED) is 0.792. The van der Waals surface area contributed by atoms with Crippen molar-refractivity contribution in [3.8, 4) is 0 Å². The van der Waals surface area contributed by atoms with E-state index in [2.05, 4.69) is 10.6 Å². The summed E-state index contributed by atoms with van der Waals surface area (Å²) in [5, 5.41) is 15.3. The second-order valence-electron chi connectivity index (χ2n) is 5.07. The van der Waals surface area contributed by atoms with Gasteiger partial charge in [-0.05, 0) is 43.3 Å². The number of aliphatic hydroxyl groups is 1. The number of hydrogen-bond acceptors (Lipinski definition) is 3. The van der Waals surface area contributed by atoms with E-state index >= 15 is 0 Å². The Balaban J connectivity index is 1.81. The minimum Gasteiger partial charge on any atom is -0.469 e. The first-order chi connectivity index (χ1) is 9.94. The Kier molecular flexibility index (Phi) is 4.59. The van der Waals surface area contributed by atoms with Gasteiger partial charge in [0.15, 0.2) is 0 Å². The monoisotopic (exact) mass is 292 g/mol. The molecular weight excluding hydrogens is 275 g/mol. The van der Waals surface area contributed by atoms with E-state index in [1.165, 1.54) is 30.5 Å². The topological polar surface area (TPSA) is 74.5 Å². The van der Waals surface area contributed by atoms with E-state index < -0.39 is 11.6 Å². The highest BCUT2D eigenvalue weighted by molar-refractivity contribution is 5.89. The SMILES string of the molecule is CC(O)(CNC(=O)Nc1ccc(F)cc1)Cc1ccco1. The highest BCUT2D eigenvalue weighted by Gasteiger charge is 2.23. The number of hydrogen-bond donors (Lipinski definition) is 3. The number of carbonyl (C=O) groups is 1. The fourth-order valence-electron chi connectivity index (χ4n) is 1.83. The molecule has 0 aliphatic rings. The van der Waals surface area contributed by atoms with Gasteiger partial charge in [-0.25, -0.2) is 9.18 Å². The third kappa shape index (κ3) is 4.92. The van der Waals surface area contributed by atoms with E-state index in [0.29, 0.717) is 11.4 Å². The van der Waals surface area contributed by atoms with Gasteiger partial charge in [-0.2, -0.15) is 0 Å². The molecule has 1 unspecified atom stereocenters. The predicted octanol–water partition coefficient (Wildman–Crippen LogP) is 2.53. The fourth-order valence-corrected chi connectivity index (χ4v) is 1.83. The van der Waals surface area contributed by atoms with Gasteiger partial charge in [0.1, 0.15) is 11.6 Å². The summed E-state index contributed by atoms with van der Waals surface area (Å²) >= 11 is 0. The third-order valence-electron chi connectivity index (χ3n) is 2.87. The van der Waals surface area contributed by atoms with E-state index in [1.54, 1.807) is 19.1 Å². The van der Waals surface area contributed by atoms with Crippen LogP contribution in [0.5, 0.6) is 0 Å². The molecule has 1 heterocycles. The third-order valence-corrected chi connectivity index (χ3v) is 2.87. The molecule has 0 radical (unpaired) electrons. The van der Waals surface area contributed by atoms with Crippen LogP contribution in [0.3, 0.4) is 0 Å². The van der Waals surface area contributed by atoms with Crippen molar-refractivity contribution in [2.75, 3.05) is 11.9 Å². The summed E-state index contributed by atoms with van der Waals surface area (Å²) < 4.78 is 17.9. The molecule has 0 saturated heterocycles. The van der Waals surface area contributed by atoms with Crippen molar-refractivity contribution in [1.82, 2.24) is 5.32 Å². The molecular formula is C15H17FN2O3. The van der Waals surface area contributed by atoms with Crippen molar-refractivity contribution < 1.29 is 18.7 Å². The second kappa shape index (κ2) is 6.41. The number of anilines is 1. The Morgan fingerprint density at radius 3 is 2.67 bits per heavy atom. The molecule has 1 aromatic heterocycles. The highest BCUT2D eigenvalue weighted by Crippen LogP contribution is 2.13. The first-order valence-electron chi connectivity index (χ1n) is 6.50. The van der Waals surface area contributed by atoms with Gasteiger partial charge in [-0.1, -0.05) is 0 Å². The van der Waals surface area contributed by atoms with Gasteiger partial charge in [0.25, 0.3) is 0 Å². The second-order valence-corrected chi connectivity index (χ2v) is 5.07. The number of nitrogens with one attached hydrogen (secondary N) is 2. The van der Waals surface area contributed by atoms with Crippen LogP contribution < -0.4 is 10.6 Å². The molecule has 2 rings (SSSR count). The molecule has 0 fully saturated rings. The summed E-state index contributed by atoms with van der Waals surface area (Å²) in [7, 11) is 0. The first kappa shape index (κ1) is 15.1. The molecule has 6 heteroatoms.